The smallest absolute Gasteiger partial charge is 0.311 e. The lowest BCUT2D eigenvalue weighted by molar-refractivity contribution is -0.152. The summed E-state index contributed by atoms with van der Waals surface area (Å²) in [6, 6.07) is 10.9. The number of carbonyl (C=O) groups is 2. The molecule has 2 aromatic carbocycles. The van der Waals surface area contributed by atoms with Crippen molar-refractivity contribution in [3.05, 3.63) is 59.4 Å². The van der Waals surface area contributed by atoms with Crippen molar-refractivity contribution in [3.8, 4) is 5.75 Å². The molecule has 0 aliphatic heterocycles. The zero-order chi connectivity index (χ0) is 18.4. The molecule has 0 aliphatic rings. The summed E-state index contributed by atoms with van der Waals surface area (Å²) in [5.41, 5.74) is 2.07. The van der Waals surface area contributed by atoms with Crippen LogP contribution in [-0.4, -0.2) is 25.1 Å². The van der Waals surface area contributed by atoms with Crippen molar-refractivity contribution >= 4 is 17.6 Å². The number of aryl methyl sites for hydroxylation is 1. The molecule has 2 rings (SSSR count). The molecule has 0 saturated heterocycles. The molecule has 5 nitrogen and oxygen atoms in total. The third-order valence-electron chi connectivity index (χ3n) is 3.55. The molecule has 132 valence electrons. The molecule has 6 heteroatoms. The van der Waals surface area contributed by atoms with Crippen molar-refractivity contribution in [2.75, 3.05) is 12.4 Å². The SMILES string of the molecule is COc1ccc(C)cc1NC(=O)C(C)OC(=O)Cc1ccc(F)cc1. The summed E-state index contributed by atoms with van der Waals surface area (Å²) in [6.45, 7) is 3.38. The molecule has 0 heterocycles. The Morgan fingerprint density at radius 2 is 1.84 bits per heavy atom. The fraction of sp³-hybridized carbons (Fsp3) is 0.263. The van der Waals surface area contributed by atoms with E-state index in [1.807, 2.05) is 13.0 Å². The summed E-state index contributed by atoms with van der Waals surface area (Å²) < 4.78 is 23.2. The van der Waals surface area contributed by atoms with Gasteiger partial charge < -0.3 is 14.8 Å². The van der Waals surface area contributed by atoms with E-state index in [-0.39, 0.29) is 12.2 Å². The van der Waals surface area contributed by atoms with E-state index >= 15 is 0 Å². The number of nitrogens with one attached hydrogen (secondary N) is 1. The van der Waals surface area contributed by atoms with Gasteiger partial charge in [-0.3, -0.25) is 9.59 Å². The predicted molar refractivity (Wildman–Crippen MR) is 92.0 cm³/mol. The average molecular weight is 345 g/mol. The second-order valence-electron chi connectivity index (χ2n) is 5.63. The first-order valence-electron chi connectivity index (χ1n) is 7.78. The lowest BCUT2D eigenvalue weighted by atomic mass is 10.1. The van der Waals surface area contributed by atoms with Crippen LogP contribution in [0.2, 0.25) is 0 Å². The van der Waals surface area contributed by atoms with Crippen LogP contribution in [0, 0.1) is 12.7 Å². The maximum absolute atomic E-state index is 12.9. The van der Waals surface area contributed by atoms with E-state index in [1.165, 1.54) is 38.3 Å². The van der Waals surface area contributed by atoms with Crippen LogP contribution >= 0.6 is 0 Å². The summed E-state index contributed by atoms with van der Waals surface area (Å²) in [6.07, 6.45) is -1.01. The topological polar surface area (TPSA) is 64.6 Å². The van der Waals surface area contributed by atoms with Crippen LogP contribution in [0.3, 0.4) is 0 Å². The first-order chi connectivity index (χ1) is 11.9. The second kappa shape index (κ2) is 8.28. The molecule has 0 saturated carbocycles. The van der Waals surface area contributed by atoms with Crippen LogP contribution in [0.25, 0.3) is 0 Å². The molecule has 1 atom stereocenters. The number of ether oxygens (including phenoxy) is 2. The number of carbonyl (C=O) groups excluding carboxylic acids is 2. The largest absolute Gasteiger partial charge is 0.495 e. The summed E-state index contributed by atoms with van der Waals surface area (Å²) in [5.74, 6) is -0.887. The summed E-state index contributed by atoms with van der Waals surface area (Å²) in [4.78, 5) is 24.2. The van der Waals surface area contributed by atoms with Gasteiger partial charge in [-0.25, -0.2) is 4.39 Å². The lowest BCUT2D eigenvalue weighted by Crippen LogP contribution is -2.30. The van der Waals surface area contributed by atoms with E-state index in [2.05, 4.69) is 5.32 Å². The van der Waals surface area contributed by atoms with Crippen molar-refractivity contribution in [1.82, 2.24) is 0 Å². The molecule has 25 heavy (non-hydrogen) atoms. The van der Waals surface area contributed by atoms with Gasteiger partial charge in [0.05, 0.1) is 19.2 Å². The minimum absolute atomic E-state index is 0.0360. The molecular formula is C19H20FNO4. The predicted octanol–water partition coefficient (Wildman–Crippen LogP) is 3.26. The first kappa shape index (κ1) is 18.4. The molecule has 0 radical (unpaired) electrons. The molecule has 1 amide bonds. The first-order valence-corrected chi connectivity index (χ1v) is 7.78. The number of anilines is 1. The van der Waals surface area contributed by atoms with Gasteiger partial charge >= 0.3 is 5.97 Å². The normalized spacial score (nSPS) is 11.5. The van der Waals surface area contributed by atoms with Gasteiger partial charge in [0.1, 0.15) is 11.6 Å². The number of esters is 1. The monoisotopic (exact) mass is 345 g/mol. The van der Waals surface area contributed by atoms with E-state index in [0.717, 1.165) is 5.56 Å². The fourth-order valence-electron chi connectivity index (χ4n) is 2.22. The Balaban J connectivity index is 1.94. The molecule has 0 fully saturated rings. The zero-order valence-corrected chi connectivity index (χ0v) is 14.3. The average Bonchev–Trinajstić information content (AvgIpc) is 2.57. The van der Waals surface area contributed by atoms with Gasteiger partial charge in [0.2, 0.25) is 0 Å². The van der Waals surface area contributed by atoms with E-state index in [4.69, 9.17) is 9.47 Å². The highest BCUT2D eigenvalue weighted by Gasteiger charge is 2.19. The Labute approximate surface area is 145 Å². The van der Waals surface area contributed by atoms with Crippen molar-refractivity contribution in [2.45, 2.75) is 26.4 Å². The van der Waals surface area contributed by atoms with Crippen LogP contribution in [-0.2, 0) is 20.7 Å². The highest BCUT2D eigenvalue weighted by atomic mass is 19.1. The van der Waals surface area contributed by atoms with Crippen LogP contribution in [0.5, 0.6) is 5.75 Å². The van der Waals surface area contributed by atoms with Gasteiger partial charge in [-0.05, 0) is 49.2 Å². The Kier molecular flexibility index (Phi) is 6.11. The van der Waals surface area contributed by atoms with Gasteiger partial charge in [-0.1, -0.05) is 18.2 Å². The molecule has 0 bridgehead atoms. The van der Waals surface area contributed by atoms with Crippen molar-refractivity contribution in [1.29, 1.82) is 0 Å². The summed E-state index contributed by atoms with van der Waals surface area (Å²) in [7, 11) is 1.51. The molecular weight excluding hydrogens is 325 g/mol. The Morgan fingerprint density at radius 3 is 2.48 bits per heavy atom. The second-order valence-corrected chi connectivity index (χ2v) is 5.63. The Morgan fingerprint density at radius 1 is 1.16 bits per heavy atom. The third-order valence-corrected chi connectivity index (χ3v) is 3.55. The van der Waals surface area contributed by atoms with Crippen molar-refractivity contribution in [3.63, 3.8) is 0 Å². The quantitative estimate of drug-likeness (QED) is 0.816. The van der Waals surface area contributed by atoms with Crippen LogP contribution < -0.4 is 10.1 Å². The third kappa shape index (κ3) is 5.31. The molecule has 0 spiro atoms. The minimum atomic E-state index is -0.974. The molecule has 0 aromatic heterocycles. The number of methoxy groups -OCH3 is 1. The summed E-state index contributed by atoms with van der Waals surface area (Å²) in [5, 5.41) is 2.69. The van der Waals surface area contributed by atoms with Gasteiger partial charge in [-0.15, -0.1) is 0 Å². The van der Waals surface area contributed by atoms with Crippen LogP contribution in [0.4, 0.5) is 10.1 Å². The Hall–Kier alpha value is -2.89. The number of hydrogen-bond acceptors (Lipinski definition) is 4. The number of rotatable bonds is 6. The number of benzene rings is 2. The molecule has 1 N–H and O–H groups in total. The van der Waals surface area contributed by atoms with Crippen molar-refractivity contribution < 1.29 is 23.5 Å². The highest BCUT2D eigenvalue weighted by molar-refractivity contribution is 5.96. The van der Waals surface area contributed by atoms with Crippen LogP contribution in [0.1, 0.15) is 18.1 Å². The maximum Gasteiger partial charge on any atom is 0.311 e. The van der Waals surface area contributed by atoms with E-state index in [0.29, 0.717) is 17.0 Å². The lowest BCUT2D eigenvalue weighted by Gasteiger charge is -2.15. The fourth-order valence-corrected chi connectivity index (χ4v) is 2.22. The number of hydrogen-bond donors (Lipinski definition) is 1. The summed E-state index contributed by atoms with van der Waals surface area (Å²) >= 11 is 0. The Bertz CT molecular complexity index is 759. The molecule has 1 unspecified atom stereocenters. The van der Waals surface area contributed by atoms with Gasteiger partial charge in [-0.2, -0.15) is 0 Å². The van der Waals surface area contributed by atoms with Crippen molar-refractivity contribution in [2.24, 2.45) is 0 Å². The minimum Gasteiger partial charge on any atom is -0.495 e. The van der Waals surface area contributed by atoms with Gasteiger partial charge in [0.15, 0.2) is 6.10 Å². The number of halogens is 1. The maximum atomic E-state index is 12.9. The van der Waals surface area contributed by atoms with E-state index in [1.54, 1.807) is 12.1 Å². The van der Waals surface area contributed by atoms with Crippen LogP contribution in [0.15, 0.2) is 42.5 Å². The zero-order valence-electron chi connectivity index (χ0n) is 14.3. The molecule has 0 aliphatic carbocycles. The highest BCUT2D eigenvalue weighted by Crippen LogP contribution is 2.25. The molecule has 2 aromatic rings. The van der Waals surface area contributed by atoms with Gasteiger partial charge in [0.25, 0.3) is 5.91 Å². The standard InChI is InChI=1S/C19H20FNO4/c1-12-4-9-17(24-3)16(10-12)21-19(23)13(2)25-18(22)11-14-5-7-15(20)8-6-14/h4-10,13H,11H2,1-3H3,(H,21,23). The van der Waals surface area contributed by atoms with E-state index in [9.17, 15) is 14.0 Å². The number of amides is 1. The van der Waals surface area contributed by atoms with E-state index < -0.39 is 18.0 Å². The van der Waals surface area contributed by atoms with Gasteiger partial charge in [0, 0.05) is 0 Å².